The third-order valence-electron chi connectivity index (χ3n) is 3.27. The van der Waals surface area contributed by atoms with Crippen molar-refractivity contribution in [1.82, 2.24) is 4.31 Å². The smallest absolute Gasteiger partial charge is 0.229 e. The average molecular weight is 372 g/mol. The topological polar surface area (TPSA) is 71.5 Å². The van der Waals surface area contributed by atoms with Crippen LogP contribution in [-0.4, -0.2) is 45.2 Å². The van der Waals surface area contributed by atoms with Gasteiger partial charge in [0.15, 0.2) is 9.84 Å². The molecule has 1 aromatic heterocycles. The maximum Gasteiger partial charge on any atom is 0.252 e. The van der Waals surface area contributed by atoms with Crippen molar-refractivity contribution in [3.63, 3.8) is 0 Å². The van der Waals surface area contributed by atoms with E-state index in [4.69, 9.17) is 11.6 Å². The SMILES string of the molecule is CC(C)CN([C@@H]1CCS(=O)(=O)C1)S(=O)(=O)c1ccc(Cl)s1. The number of sulfonamides is 1. The van der Waals surface area contributed by atoms with Crippen LogP contribution in [0.4, 0.5) is 0 Å². The summed E-state index contributed by atoms with van der Waals surface area (Å²) in [7, 11) is -6.85. The van der Waals surface area contributed by atoms with Crippen LogP contribution in [0.2, 0.25) is 4.34 Å². The molecule has 0 aromatic carbocycles. The van der Waals surface area contributed by atoms with Crippen molar-refractivity contribution in [3.05, 3.63) is 16.5 Å². The molecule has 0 bridgehead atoms. The highest BCUT2D eigenvalue weighted by Crippen LogP contribution is 2.31. The van der Waals surface area contributed by atoms with E-state index in [0.29, 0.717) is 17.3 Å². The summed E-state index contributed by atoms with van der Waals surface area (Å²) in [6, 6.07) is 2.53. The fraction of sp³-hybridized carbons (Fsp3) is 0.667. The normalized spacial score (nSPS) is 22.2. The van der Waals surface area contributed by atoms with E-state index in [-0.39, 0.29) is 21.6 Å². The summed E-state index contributed by atoms with van der Waals surface area (Å²) in [5.41, 5.74) is 0. The number of hydrogen-bond acceptors (Lipinski definition) is 5. The maximum absolute atomic E-state index is 12.8. The van der Waals surface area contributed by atoms with E-state index in [0.717, 1.165) is 11.3 Å². The molecule has 2 heterocycles. The molecule has 1 fully saturated rings. The van der Waals surface area contributed by atoms with Crippen LogP contribution in [0.3, 0.4) is 0 Å². The van der Waals surface area contributed by atoms with Gasteiger partial charge >= 0.3 is 0 Å². The summed E-state index contributed by atoms with van der Waals surface area (Å²) < 4.78 is 50.7. The van der Waals surface area contributed by atoms with Crippen molar-refractivity contribution in [1.29, 1.82) is 0 Å². The lowest BCUT2D eigenvalue weighted by atomic mass is 10.2. The summed E-state index contributed by atoms with van der Waals surface area (Å²) >= 11 is 6.82. The Morgan fingerprint density at radius 3 is 2.52 bits per heavy atom. The van der Waals surface area contributed by atoms with Gasteiger partial charge in [-0.05, 0) is 24.5 Å². The van der Waals surface area contributed by atoms with Crippen LogP contribution in [0, 0.1) is 5.92 Å². The summed E-state index contributed by atoms with van der Waals surface area (Å²) in [6.45, 7) is 4.12. The highest BCUT2D eigenvalue weighted by molar-refractivity contribution is 7.92. The summed E-state index contributed by atoms with van der Waals surface area (Å²) in [5, 5.41) is 0. The van der Waals surface area contributed by atoms with Gasteiger partial charge in [-0.3, -0.25) is 0 Å². The first-order valence-corrected chi connectivity index (χ1v) is 11.0. The average Bonchev–Trinajstić information content (AvgIpc) is 2.92. The Morgan fingerprint density at radius 1 is 1.43 bits per heavy atom. The molecule has 1 aliphatic rings. The Kier molecular flexibility index (Phi) is 5.04. The Hall–Kier alpha value is -0.150. The van der Waals surface area contributed by atoms with E-state index in [2.05, 4.69) is 0 Å². The zero-order valence-corrected chi connectivity index (χ0v) is 15.0. The number of thiophene rings is 1. The fourth-order valence-corrected chi connectivity index (χ4v) is 7.61. The Labute approximate surface area is 134 Å². The zero-order chi connectivity index (χ0) is 15.8. The largest absolute Gasteiger partial charge is 0.252 e. The first-order valence-electron chi connectivity index (χ1n) is 6.59. The van der Waals surface area contributed by atoms with Gasteiger partial charge in [-0.1, -0.05) is 25.4 Å². The highest BCUT2D eigenvalue weighted by Gasteiger charge is 2.39. The first kappa shape index (κ1) is 17.2. The Bertz CT molecular complexity index is 709. The van der Waals surface area contributed by atoms with Crippen LogP contribution < -0.4 is 0 Å². The van der Waals surface area contributed by atoms with E-state index >= 15 is 0 Å². The van der Waals surface area contributed by atoms with Crippen molar-refractivity contribution >= 4 is 42.8 Å². The number of rotatable bonds is 5. The van der Waals surface area contributed by atoms with Gasteiger partial charge in [0, 0.05) is 12.6 Å². The molecule has 9 heteroatoms. The Morgan fingerprint density at radius 2 is 2.10 bits per heavy atom. The second kappa shape index (κ2) is 6.16. The van der Waals surface area contributed by atoms with Gasteiger partial charge in [0.05, 0.1) is 15.8 Å². The van der Waals surface area contributed by atoms with Gasteiger partial charge in [0.2, 0.25) is 0 Å². The van der Waals surface area contributed by atoms with Gasteiger partial charge in [0.25, 0.3) is 10.0 Å². The molecular weight excluding hydrogens is 354 g/mol. The number of nitrogens with zero attached hydrogens (tertiary/aromatic N) is 1. The van der Waals surface area contributed by atoms with Crippen LogP contribution in [0.1, 0.15) is 20.3 Å². The number of sulfone groups is 1. The summed E-state index contributed by atoms with van der Waals surface area (Å²) in [5.74, 6) is 0.0592. The molecule has 2 rings (SSSR count). The third kappa shape index (κ3) is 3.98. The van der Waals surface area contributed by atoms with Crippen molar-refractivity contribution in [2.45, 2.75) is 30.5 Å². The third-order valence-corrected chi connectivity index (χ3v) is 8.64. The van der Waals surface area contributed by atoms with E-state index < -0.39 is 25.9 Å². The molecule has 1 aromatic rings. The first-order chi connectivity index (χ1) is 9.62. The second-order valence-corrected chi connectivity index (χ2v) is 11.6. The zero-order valence-electron chi connectivity index (χ0n) is 11.8. The van der Waals surface area contributed by atoms with Crippen molar-refractivity contribution in [2.24, 2.45) is 5.92 Å². The van der Waals surface area contributed by atoms with Gasteiger partial charge in [0.1, 0.15) is 4.21 Å². The molecule has 0 radical (unpaired) electrons. The summed E-state index contributed by atoms with van der Waals surface area (Å²) in [6.07, 6.45) is 0.355. The van der Waals surface area contributed by atoms with Crippen LogP contribution in [0.15, 0.2) is 16.3 Å². The van der Waals surface area contributed by atoms with Crippen molar-refractivity contribution in [2.75, 3.05) is 18.1 Å². The molecule has 5 nitrogen and oxygen atoms in total. The Balaban J connectivity index is 2.36. The molecule has 1 aliphatic heterocycles. The molecule has 0 amide bonds. The molecular formula is C12H18ClNO4S3. The van der Waals surface area contributed by atoms with Crippen molar-refractivity contribution in [3.8, 4) is 0 Å². The highest BCUT2D eigenvalue weighted by atomic mass is 35.5. The molecule has 21 heavy (non-hydrogen) atoms. The molecule has 1 saturated heterocycles. The lowest BCUT2D eigenvalue weighted by Gasteiger charge is -2.28. The van der Waals surface area contributed by atoms with E-state index in [1.54, 1.807) is 0 Å². The molecule has 0 spiro atoms. The predicted octanol–water partition coefficient (Wildman–Crippen LogP) is 2.24. The lowest BCUT2D eigenvalue weighted by Crippen LogP contribution is -2.42. The lowest BCUT2D eigenvalue weighted by molar-refractivity contribution is 0.308. The van der Waals surface area contributed by atoms with Crippen LogP contribution in [0.25, 0.3) is 0 Å². The van der Waals surface area contributed by atoms with E-state index in [1.807, 2.05) is 13.8 Å². The van der Waals surface area contributed by atoms with Crippen LogP contribution >= 0.6 is 22.9 Å². The van der Waals surface area contributed by atoms with Crippen LogP contribution in [0.5, 0.6) is 0 Å². The molecule has 0 saturated carbocycles. The van der Waals surface area contributed by atoms with E-state index in [1.165, 1.54) is 16.4 Å². The standard InChI is InChI=1S/C12H18ClNO4S3/c1-9(2)7-14(10-5-6-20(15,16)8-10)21(17,18)12-4-3-11(13)19-12/h3-4,9-10H,5-8H2,1-2H3/t10-/m1/s1. The van der Waals surface area contributed by atoms with Gasteiger partial charge in [-0.2, -0.15) is 4.31 Å². The summed E-state index contributed by atoms with van der Waals surface area (Å²) in [4.78, 5) is 0. The van der Waals surface area contributed by atoms with E-state index in [9.17, 15) is 16.8 Å². The van der Waals surface area contributed by atoms with Crippen molar-refractivity contribution < 1.29 is 16.8 Å². The molecule has 1 atom stereocenters. The minimum Gasteiger partial charge on any atom is -0.229 e. The van der Waals surface area contributed by atoms with Gasteiger partial charge in [-0.15, -0.1) is 11.3 Å². The molecule has 0 unspecified atom stereocenters. The van der Waals surface area contributed by atoms with Gasteiger partial charge < -0.3 is 0 Å². The van der Waals surface area contributed by atoms with Gasteiger partial charge in [-0.25, -0.2) is 16.8 Å². The number of halogens is 1. The number of hydrogen-bond donors (Lipinski definition) is 0. The maximum atomic E-state index is 12.8. The quantitative estimate of drug-likeness (QED) is 0.795. The molecule has 0 aliphatic carbocycles. The van der Waals surface area contributed by atoms with Crippen LogP contribution in [-0.2, 0) is 19.9 Å². The molecule has 0 N–H and O–H groups in total. The molecule has 120 valence electrons. The minimum absolute atomic E-state index is 0.0486. The fourth-order valence-electron chi connectivity index (χ4n) is 2.36. The second-order valence-electron chi connectivity index (χ2n) is 5.58. The minimum atomic E-state index is -3.71. The predicted molar refractivity (Wildman–Crippen MR) is 85.1 cm³/mol. The monoisotopic (exact) mass is 371 g/mol.